The average molecular weight is 396 g/mol. The van der Waals surface area contributed by atoms with Gasteiger partial charge in [-0.2, -0.15) is 8.42 Å². The van der Waals surface area contributed by atoms with E-state index < -0.39 is 20.8 Å². The first kappa shape index (κ1) is 20.4. The third kappa shape index (κ3) is 5.84. The molecule has 140 valence electrons. The molecule has 0 atom stereocenters. The molecule has 11 heteroatoms. The Balaban J connectivity index is 2.21. The Morgan fingerprint density at radius 1 is 0.929 bits per heavy atom. The van der Waals surface area contributed by atoms with Gasteiger partial charge in [-0.1, -0.05) is 52.7 Å². The van der Waals surface area contributed by atoms with Crippen molar-refractivity contribution in [2.24, 2.45) is 10.2 Å². The fraction of sp³-hybridized carbons (Fsp3) is 0. The van der Waals surface area contributed by atoms with Gasteiger partial charge in [-0.25, -0.2) is 0 Å². The maximum atomic E-state index is 12.0. The van der Waals surface area contributed by atoms with Crippen LogP contribution < -0.4 is 0 Å². The molecule has 0 saturated carbocycles. The lowest BCUT2D eigenvalue weighted by Gasteiger charge is -2.03. The zero-order chi connectivity index (χ0) is 20.6. The van der Waals surface area contributed by atoms with E-state index in [1.165, 1.54) is 30.4 Å². The summed E-state index contributed by atoms with van der Waals surface area (Å²) >= 11 is 0. The van der Waals surface area contributed by atoms with E-state index in [-0.39, 0.29) is 11.3 Å². The molecule has 0 aliphatic carbocycles. The lowest BCUT2D eigenvalue weighted by atomic mass is 10.1. The number of carbonyl (C=O) groups excluding carboxylic acids is 1. The molecular formula is C17H12N6O4S. The molecule has 1 N–H and O–H groups in total. The number of benzene rings is 2. The van der Waals surface area contributed by atoms with E-state index in [9.17, 15) is 17.8 Å². The van der Waals surface area contributed by atoms with Crippen LogP contribution in [0.2, 0.25) is 0 Å². The molecule has 10 nitrogen and oxygen atoms in total. The SMILES string of the molecule is [N-]=[N+]=Nc1ccc(/C=C/C(=O)/C=C/c2ccc(N=[N+]=[N-])cc2S(=O)(=O)O)cc1. The van der Waals surface area contributed by atoms with Crippen molar-refractivity contribution >= 4 is 39.4 Å². The summed E-state index contributed by atoms with van der Waals surface area (Å²) in [5.41, 5.74) is 17.9. The zero-order valence-corrected chi connectivity index (χ0v) is 14.9. The fourth-order valence-electron chi connectivity index (χ4n) is 2.11. The van der Waals surface area contributed by atoms with Crippen molar-refractivity contribution < 1.29 is 17.8 Å². The van der Waals surface area contributed by atoms with Crippen LogP contribution in [0.4, 0.5) is 11.4 Å². The van der Waals surface area contributed by atoms with Crippen LogP contribution in [0.25, 0.3) is 33.0 Å². The topological polar surface area (TPSA) is 169 Å². The normalized spacial score (nSPS) is 11.2. The van der Waals surface area contributed by atoms with Gasteiger partial charge in [-0.05, 0) is 46.5 Å². The van der Waals surface area contributed by atoms with Crippen LogP contribution in [0, 0.1) is 0 Å². The summed E-state index contributed by atoms with van der Waals surface area (Å²) in [5.74, 6) is -0.431. The minimum Gasteiger partial charge on any atom is -0.290 e. The van der Waals surface area contributed by atoms with E-state index in [1.807, 2.05) is 0 Å². The Kier molecular flexibility index (Phi) is 6.69. The number of nitrogens with zero attached hydrogens (tertiary/aromatic N) is 6. The van der Waals surface area contributed by atoms with Crippen LogP contribution in [0.15, 0.2) is 69.7 Å². The highest BCUT2D eigenvalue weighted by atomic mass is 32.2. The van der Waals surface area contributed by atoms with Gasteiger partial charge in [0.25, 0.3) is 10.1 Å². The number of ketones is 1. The monoisotopic (exact) mass is 396 g/mol. The van der Waals surface area contributed by atoms with Crippen LogP contribution in [0.1, 0.15) is 11.1 Å². The second kappa shape index (κ2) is 9.17. The molecule has 0 heterocycles. The van der Waals surface area contributed by atoms with E-state index in [1.54, 1.807) is 24.3 Å². The smallest absolute Gasteiger partial charge is 0.290 e. The van der Waals surface area contributed by atoms with Gasteiger partial charge < -0.3 is 0 Å². The highest BCUT2D eigenvalue weighted by molar-refractivity contribution is 7.86. The van der Waals surface area contributed by atoms with Crippen molar-refractivity contribution in [1.82, 2.24) is 0 Å². The van der Waals surface area contributed by atoms with Crippen molar-refractivity contribution in [2.45, 2.75) is 4.90 Å². The van der Waals surface area contributed by atoms with E-state index in [2.05, 4.69) is 20.1 Å². The lowest BCUT2D eigenvalue weighted by Crippen LogP contribution is -2.00. The second-order valence-electron chi connectivity index (χ2n) is 5.24. The van der Waals surface area contributed by atoms with E-state index in [4.69, 9.17) is 11.1 Å². The largest absolute Gasteiger partial charge is 0.295 e. The minimum atomic E-state index is -4.58. The third-order valence-electron chi connectivity index (χ3n) is 3.36. The molecule has 0 spiro atoms. The van der Waals surface area contributed by atoms with E-state index >= 15 is 0 Å². The Bertz CT molecular complexity index is 1160. The number of azide groups is 2. The first-order valence-electron chi connectivity index (χ1n) is 7.55. The standard InChI is InChI=1S/C17H12N6O4S/c18-22-20-14-6-1-12(2-7-14)3-9-16(24)10-5-13-4-8-15(21-23-19)11-17(13)28(25,26)27/h1-11H,(H,25,26,27)/b9-3+,10-5+. The van der Waals surface area contributed by atoms with Gasteiger partial charge in [0.05, 0.1) is 0 Å². The molecule has 0 aliphatic rings. The van der Waals surface area contributed by atoms with Gasteiger partial charge in [-0.15, -0.1) is 0 Å². The minimum absolute atomic E-state index is 0.00248. The van der Waals surface area contributed by atoms with Crippen LogP contribution >= 0.6 is 0 Å². The van der Waals surface area contributed by atoms with Crippen LogP contribution in [-0.4, -0.2) is 18.8 Å². The van der Waals surface area contributed by atoms with Crippen LogP contribution in [-0.2, 0) is 14.9 Å². The Labute approximate surface area is 159 Å². The Morgan fingerprint density at radius 3 is 2.11 bits per heavy atom. The molecular weight excluding hydrogens is 384 g/mol. The van der Waals surface area contributed by atoms with Crippen molar-refractivity contribution in [1.29, 1.82) is 0 Å². The number of hydrogen-bond acceptors (Lipinski definition) is 5. The molecule has 0 unspecified atom stereocenters. The number of rotatable bonds is 7. The summed E-state index contributed by atoms with van der Waals surface area (Å²) in [6, 6.07) is 10.1. The first-order chi connectivity index (χ1) is 13.3. The maximum Gasteiger partial charge on any atom is 0.295 e. The van der Waals surface area contributed by atoms with Crippen molar-refractivity contribution in [3.63, 3.8) is 0 Å². The molecule has 0 radical (unpaired) electrons. The van der Waals surface area contributed by atoms with Crippen molar-refractivity contribution in [2.75, 3.05) is 0 Å². The highest BCUT2D eigenvalue weighted by Gasteiger charge is 2.14. The molecule has 0 saturated heterocycles. The van der Waals surface area contributed by atoms with Crippen LogP contribution in [0.5, 0.6) is 0 Å². The van der Waals surface area contributed by atoms with Gasteiger partial charge >= 0.3 is 0 Å². The number of hydrogen-bond donors (Lipinski definition) is 1. The van der Waals surface area contributed by atoms with Crippen molar-refractivity contribution in [3.8, 4) is 0 Å². The Morgan fingerprint density at radius 2 is 1.50 bits per heavy atom. The summed E-state index contributed by atoms with van der Waals surface area (Å²) in [4.78, 5) is 16.7. The molecule has 0 fully saturated rings. The molecule has 2 rings (SSSR count). The first-order valence-corrected chi connectivity index (χ1v) is 8.99. The summed E-state index contributed by atoms with van der Waals surface area (Å²) in [6.45, 7) is 0. The van der Waals surface area contributed by atoms with E-state index in [0.717, 1.165) is 12.1 Å². The number of allylic oxidation sites excluding steroid dienone is 2. The third-order valence-corrected chi connectivity index (χ3v) is 4.27. The predicted octanol–water partition coefficient (Wildman–Crippen LogP) is 5.11. The van der Waals surface area contributed by atoms with Gasteiger partial charge in [0, 0.05) is 21.2 Å². The van der Waals surface area contributed by atoms with Gasteiger partial charge in [0.2, 0.25) is 0 Å². The summed E-state index contributed by atoms with van der Waals surface area (Å²) < 4.78 is 32.3. The molecule has 0 aliphatic heterocycles. The van der Waals surface area contributed by atoms with Gasteiger partial charge in [-0.3, -0.25) is 9.35 Å². The summed E-state index contributed by atoms with van der Waals surface area (Å²) in [7, 11) is -4.58. The maximum absolute atomic E-state index is 12.0. The zero-order valence-electron chi connectivity index (χ0n) is 14.1. The molecule has 0 aromatic heterocycles. The molecule has 0 amide bonds. The predicted molar refractivity (Wildman–Crippen MR) is 103 cm³/mol. The van der Waals surface area contributed by atoms with E-state index in [0.29, 0.717) is 11.3 Å². The molecule has 2 aromatic rings. The molecule has 0 bridgehead atoms. The Hall–Kier alpha value is -3.88. The molecule has 2 aromatic carbocycles. The highest BCUT2D eigenvalue weighted by Crippen LogP contribution is 2.24. The summed E-state index contributed by atoms with van der Waals surface area (Å²) in [6.07, 6.45) is 5.14. The molecule has 28 heavy (non-hydrogen) atoms. The second-order valence-corrected chi connectivity index (χ2v) is 6.63. The van der Waals surface area contributed by atoms with Crippen molar-refractivity contribution in [3.05, 3.63) is 86.6 Å². The lowest BCUT2D eigenvalue weighted by molar-refractivity contribution is -0.110. The quantitative estimate of drug-likeness (QED) is 0.225. The number of carbonyl (C=O) groups is 1. The fourth-order valence-corrected chi connectivity index (χ4v) is 2.81. The average Bonchev–Trinajstić information content (AvgIpc) is 2.66. The summed E-state index contributed by atoms with van der Waals surface area (Å²) in [5, 5.41) is 6.71. The van der Waals surface area contributed by atoms with Crippen LogP contribution in [0.3, 0.4) is 0 Å². The van der Waals surface area contributed by atoms with Gasteiger partial charge in [0.1, 0.15) is 4.90 Å². The van der Waals surface area contributed by atoms with Gasteiger partial charge in [0.15, 0.2) is 5.78 Å².